The number of hydrogen-bond donors (Lipinski definition) is 1. The minimum Gasteiger partial charge on any atom is -0.493 e. The average molecular weight is 411 g/mol. The number of ether oxygens (including phenoxy) is 2. The molecule has 2 aromatic heterocycles. The fourth-order valence-corrected chi connectivity index (χ4v) is 3.21. The third-order valence-corrected chi connectivity index (χ3v) is 4.82. The zero-order valence-electron chi connectivity index (χ0n) is 14.8. The van der Waals surface area contributed by atoms with E-state index in [0.29, 0.717) is 28.2 Å². The van der Waals surface area contributed by atoms with Crippen LogP contribution in [-0.4, -0.2) is 22.1 Å². The molecule has 28 heavy (non-hydrogen) atoms. The van der Waals surface area contributed by atoms with Crippen LogP contribution < -0.4 is 14.8 Å². The van der Waals surface area contributed by atoms with Gasteiger partial charge in [-0.2, -0.15) is 0 Å². The van der Waals surface area contributed by atoms with E-state index in [-0.39, 0.29) is 0 Å². The first-order valence-corrected chi connectivity index (χ1v) is 9.58. The summed E-state index contributed by atoms with van der Waals surface area (Å²) in [6, 6.07) is 14.5. The number of hydrogen-bond acceptors (Lipinski definition) is 7. The Bertz CT molecular complexity index is 1070. The molecule has 1 N–H and O–H groups in total. The van der Waals surface area contributed by atoms with E-state index in [1.54, 1.807) is 43.8 Å². The van der Waals surface area contributed by atoms with Gasteiger partial charge in [-0.25, -0.2) is 15.0 Å². The summed E-state index contributed by atoms with van der Waals surface area (Å²) in [4.78, 5) is 13.1. The van der Waals surface area contributed by atoms with Gasteiger partial charge in [-0.3, -0.25) is 0 Å². The summed E-state index contributed by atoms with van der Waals surface area (Å²) >= 11 is 7.46. The van der Waals surface area contributed by atoms with Crippen LogP contribution >= 0.6 is 22.9 Å². The molecule has 0 aliphatic heterocycles. The van der Waals surface area contributed by atoms with Crippen LogP contribution in [0.2, 0.25) is 5.02 Å². The molecular formula is C20H15ClN4O2S. The molecule has 8 heteroatoms. The van der Waals surface area contributed by atoms with Crippen molar-refractivity contribution in [3.8, 4) is 28.0 Å². The first-order chi connectivity index (χ1) is 13.7. The predicted octanol–water partition coefficient (Wildman–Crippen LogP) is 5.80. The van der Waals surface area contributed by atoms with Crippen LogP contribution in [0.1, 0.15) is 0 Å². The lowest BCUT2D eigenvalue weighted by Gasteiger charge is -2.13. The molecule has 0 atom stereocenters. The minimum atomic E-state index is 0.468. The van der Waals surface area contributed by atoms with Gasteiger partial charge in [0.05, 0.1) is 7.11 Å². The molecule has 0 aliphatic carbocycles. The smallest absolute Gasteiger partial charge is 0.227 e. The lowest BCUT2D eigenvalue weighted by molar-refractivity contribution is 0.379. The Labute approximate surface area is 170 Å². The fourth-order valence-electron chi connectivity index (χ4n) is 2.48. The number of methoxy groups -OCH3 is 1. The molecule has 2 heterocycles. The Morgan fingerprint density at radius 2 is 1.82 bits per heavy atom. The summed E-state index contributed by atoms with van der Waals surface area (Å²) in [6.07, 6.45) is 3.44. The van der Waals surface area contributed by atoms with E-state index in [1.807, 2.05) is 29.6 Å². The molecule has 0 amide bonds. The van der Waals surface area contributed by atoms with Crippen LogP contribution in [0.15, 0.2) is 66.3 Å². The van der Waals surface area contributed by atoms with Crippen LogP contribution in [0.25, 0.3) is 10.7 Å². The Balaban J connectivity index is 1.58. The van der Waals surface area contributed by atoms with E-state index in [1.165, 1.54) is 11.3 Å². The van der Waals surface area contributed by atoms with Crippen molar-refractivity contribution in [3.05, 3.63) is 71.3 Å². The first-order valence-electron chi connectivity index (χ1n) is 8.32. The molecule has 0 spiro atoms. The predicted molar refractivity (Wildman–Crippen MR) is 111 cm³/mol. The van der Waals surface area contributed by atoms with E-state index in [4.69, 9.17) is 21.1 Å². The average Bonchev–Trinajstić information content (AvgIpc) is 3.25. The summed E-state index contributed by atoms with van der Waals surface area (Å²) in [5.41, 5.74) is 1.53. The van der Waals surface area contributed by atoms with Gasteiger partial charge in [0.1, 0.15) is 16.5 Å². The van der Waals surface area contributed by atoms with E-state index in [0.717, 1.165) is 16.4 Å². The molecule has 140 valence electrons. The maximum Gasteiger partial charge on any atom is 0.227 e. The van der Waals surface area contributed by atoms with Gasteiger partial charge < -0.3 is 14.8 Å². The number of anilines is 2. The highest BCUT2D eigenvalue weighted by molar-refractivity contribution is 7.13. The number of aromatic nitrogens is 3. The van der Waals surface area contributed by atoms with Crippen molar-refractivity contribution in [3.63, 3.8) is 0 Å². The van der Waals surface area contributed by atoms with E-state index >= 15 is 0 Å². The third kappa shape index (κ3) is 4.21. The molecular weight excluding hydrogens is 396 g/mol. The van der Waals surface area contributed by atoms with Gasteiger partial charge in [0.2, 0.25) is 5.95 Å². The summed E-state index contributed by atoms with van der Waals surface area (Å²) in [7, 11) is 1.60. The number of rotatable bonds is 6. The molecule has 0 saturated heterocycles. The second-order valence-corrected chi connectivity index (χ2v) is 6.98. The molecule has 2 aromatic carbocycles. The zero-order valence-corrected chi connectivity index (χ0v) is 16.4. The van der Waals surface area contributed by atoms with Gasteiger partial charge in [-0.05, 0) is 42.5 Å². The molecule has 0 fully saturated rings. The number of halogens is 1. The highest BCUT2D eigenvalue weighted by atomic mass is 35.5. The monoisotopic (exact) mass is 410 g/mol. The summed E-state index contributed by atoms with van der Waals surface area (Å²) in [5.74, 6) is 2.29. The van der Waals surface area contributed by atoms with Gasteiger partial charge in [0, 0.05) is 34.6 Å². The van der Waals surface area contributed by atoms with Gasteiger partial charge in [-0.15, -0.1) is 11.3 Å². The summed E-state index contributed by atoms with van der Waals surface area (Å²) in [5, 5.41) is 6.59. The highest BCUT2D eigenvalue weighted by Crippen LogP contribution is 2.35. The largest absolute Gasteiger partial charge is 0.493 e. The van der Waals surface area contributed by atoms with Gasteiger partial charge in [-0.1, -0.05) is 11.6 Å². The van der Waals surface area contributed by atoms with Crippen molar-refractivity contribution in [1.29, 1.82) is 0 Å². The Morgan fingerprint density at radius 1 is 0.964 bits per heavy atom. The molecule has 4 rings (SSSR count). The van der Waals surface area contributed by atoms with E-state index < -0.39 is 0 Å². The first kappa shape index (κ1) is 18.2. The quantitative estimate of drug-likeness (QED) is 0.433. The molecule has 0 saturated carbocycles. The van der Waals surface area contributed by atoms with Gasteiger partial charge in [0.25, 0.3) is 0 Å². The Hall–Kier alpha value is -3.16. The van der Waals surface area contributed by atoms with E-state index in [9.17, 15) is 0 Å². The van der Waals surface area contributed by atoms with Crippen LogP contribution in [0, 0.1) is 0 Å². The standard InChI is InChI=1S/C20H15ClN4O2S/c1-26-17-7-4-14(12-18(17)27-15-5-2-13(21)3-6-15)24-20-23-9-8-16(25-20)19-22-10-11-28-19/h2-12H,1H3,(H,23,24,25). The third-order valence-electron chi connectivity index (χ3n) is 3.77. The second kappa shape index (κ2) is 8.24. The van der Waals surface area contributed by atoms with Gasteiger partial charge >= 0.3 is 0 Å². The lowest BCUT2D eigenvalue weighted by Crippen LogP contribution is -1.99. The van der Waals surface area contributed by atoms with Crippen LogP contribution in [0.4, 0.5) is 11.6 Å². The normalized spacial score (nSPS) is 10.5. The Morgan fingerprint density at radius 3 is 2.57 bits per heavy atom. The number of nitrogens with one attached hydrogen (secondary N) is 1. The fraction of sp³-hybridized carbons (Fsp3) is 0.0500. The summed E-state index contributed by atoms with van der Waals surface area (Å²) in [6.45, 7) is 0. The number of thiazole rings is 1. The molecule has 0 aliphatic rings. The topological polar surface area (TPSA) is 69.2 Å². The summed E-state index contributed by atoms with van der Waals surface area (Å²) < 4.78 is 11.3. The van der Waals surface area contributed by atoms with Crippen molar-refractivity contribution < 1.29 is 9.47 Å². The van der Waals surface area contributed by atoms with Crippen molar-refractivity contribution in [2.75, 3.05) is 12.4 Å². The highest BCUT2D eigenvalue weighted by Gasteiger charge is 2.10. The van der Waals surface area contributed by atoms with Crippen molar-refractivity contribution >= 4 is 34.6 Å². The lowest BCUT2D eigenvalue weighted by atomic mass is 10.2. The molecule has 0 radical (unpaired) electrons. The molecule has 4 aromatic rings. The Kier molecular flexibility index (Phi) is 5.36. The maximum absolute atomic E-state index is 5.94. The van der Waals surface area contributed by atoms with Gasteiger partial charge in [0.15, 0.2) is 11.5 Å². The van der Waals surface area contributed by atoms with E-state index in [2.05, 4.69) is 20.3 Å². The van der Waals surface area contributed by atoms with Crippen molar-refractivity contribution in [1.82, 2.24) is 15.0 Å². The second-order valence-electron chi connectivity index (χ2n) is 5.65. The van der Waals surface area contributed by atoms with Crippen LogP contribution in [0.5, 0.6) is 17.2 Å². The van der Waals surface area contributed by atoms with Crippen molar-refractivity contribution in [2.45, 2.75) is 0 Å². The van der Waals surface area contributed by atoms with Crippen LogP contribution in [-0.2, 0) is 0 Å². The van der Waals surface area contributed by atoms with Crippen molar-refractivity contribution in [2.24, 2.45) is 0 Å². The van der Waals surface area contributed by atoms with Crippen LogP contribution in [0.3, 0.4) is 0 Å². The molecule has 0 unspecified atom stereocenters. The minimum absolute atomic E-state index is 0.468. The molecule has 6 nitrogen and oxygen atoms in total. The SMILES string of the molecule is COc1ccc(Nc2nccc(-c3nccs3)n2)cc1Oc1ccc(Cl)cc1. The number of nitrogens with zero attached hydrogens (tertiary/aromatic N) is 3. The zero-order chi connectivity index (χ0) is 19.3. The number of benzene rings is 2. The maximum atomic E-state index is 5.94. The molecule has 0 bridgehead atoms.